The van der Waals surface area contributed by atoms with Crippen molar-refractivity contribution in [2.24, 2.45) is 0 Å². The SMILES string of the molecule is CCc1c(N)ccc(C=CC=CC=Cc2ccccc2)c1CC. The maximum absolute atomic E-state index is 6.08. The van der Waals surface area contributed by atoms with E-state index in [2.05, 4.69) is 62.4 Å². The molecule has 0 saturated heterocycles. The summed E-state index contributed by atoms with van der Waals surface area (Å²) in [5.74, 6) is 0. The largest absolute Gasteiger partial charge is 0.398 e. The van der Waals surface area contributed by atoms with Crippen LogP contribution in [0.15, 0.2) is 66.8 Å². The zero-order chi connectivity index (χ0) is 16.5. The molecule has 0 fully saturated rings. The molecule has 2 aromatic rings. The highest BCUT2D eigenvalue weighted by atomic mass is 14.6. The molecule has 0 aromatic heterocycles. The van der Waals surface area contributed by atoms with Crippen LogP contribution in [-0.2, 0) is 12.8 Å². The summed E-state index contributed by atoms with van der Waals surface area (Å²) in [7, 11) is 0. The summed E-state index contributed by atoms with van der Waals surface area (Å²) in [4.78, 5) is 0. The van der Waals surface area contributed by atoms with Crippen molar-refractivity contribution in [1.29, 1.82) is 0 Å². The van der Waals surface area contributed by atoms with Crippen molar-refractivity contribution in [1.82, 2.24) is 0 Å². The average molecular weight is 303 g/mol. The van der Waals surface area contributed by atoms with Gasteiger partial charge in [0.2, 0.25) is 0 Å². The maximum atomic E-state index is 6.08. The van der Waals surface area contributed by atoms with Gasteiger partial charge in [-0.2, -0.15) is 0 Å². The Morgan fingerprint density at radius 2 is 1.39 bits per heavy atom. The van der Waals surface area contributed by atoms with E-state index in [-0.39, 0.29) is 0 Å². The summed E-state index contributed by atoms with van der Waals surface area (Å²) in [6.45, 7) is 4.34. The number of hydrogen-bond donors (Lipinski definition) is 1. The van der Waals surface area contributed by atoms with Crippen molar-refractivity contribution in [2.75, 3.05) is 5.73 Å². The van der Waals surface area contributed by atoms with Crippen molar-refractivity contribution < 1.29 is 0 Å². The first-order valence-electron chi connectivity index (χ1n) is 8.23. The predicted octanol–water partition coefficient (Wildman–Crippen LogP) is 5.68. The topological polar surface area (TPSA) is 26.0 Å². The van der Waals surface area contributed by atoms with E-state index in [9.17, 15) is 0 Å². The molecule has 0 aliphatic carbocycles. The molecule has 0 spiro atoms. The highest BCUT2D eigenvalue weighted by molar-refractivity contribution is 5.64. The number of nitrogen functional groups attached to an aromatic ring is 1. The highest BCUT2D eigenvalue weighted by Crippen LogP contribution is 2.23. The van der Waals surface area contributed by atoms with E-state index in [4.69, 9.17) is 5.73 Å². The second-order valence-corrected chi connectivity index (χ2v) is 5.42. The summed E-state index contributed by atoms with van der Waals surface area (Å²) in [6.07, 6.45) is 14.5. The van der Waals surface area contributed by atoms with Gasteiger partial charge in [-0.25, -0.2) is 0 Å². The first kappa shape index (κ1) is 16.8. The second kappa shape index (κ2) is 8.79. The van der Waals surface area contributed by atoms with Crippen LogP contribution in [0.4, 0.5) is 5.69 Å². The lowest BCUT2D eigenvalue weighted by atomic mass is 9.95. The molecule has 1 heteroatoms. The number of nitrogens with two attached hydrogens (primary N) is 1. The van der Waals surface area contributed by atoms with E-state index >= 15 is 0 Å². The Labute approximate surface area is 139 Å². The minimum absolute atomic E-state index is 0.905. The third-order valence-corrected chi connectivity index (χ3v) is 3.91. The van der Waals surface area contributed by atoms with E-state index < -0.39 is 0 Å². The zero-order valence-corrected chi connectivity index (χ0v) is 14.0. The molecule has 118 valence electrons. The second-order valence-electron chi connectivity index (χ2n) is 5.42. The van der Waals surface area contributed by atoms with Crippen LogP contribution >= 0.6 is 0 Å². The van der Waals surface area contributed by atoms with Crippen molar-refractivity contribution in [3.8, 4) is 0 Å². The van der Waals surface area contributed by atoms with Crippen LogP contribution in [0.2, 0.25) is 0 Å². The molecule has 0 radical (unpaired) electrons. The molecule has 0 unspecified atom stereocenters. The molecule has 2 N–H and O–H groups in total. The Balaban J connectivity index is 2.06. The summed E-state index contributed by atoms with van der Waals surface area (Å²) in [5, 5.41) is 0. The van der Waals surface area contributed by atoms with Gasteiger partial charge in [-0.15, -0.1) is 0 Å². The zero-order valence-electron chi connectivity index (χ0n) is 14.0. The quantitative estimate of drug-likeness (QED) is 0.539. The molecule has 1 nitrogen and oxygen atoms in total. The van der Waals surface area contributed by atoms with E-state index in [1.54, 1.807) is 0 Å². The van der Waals surface area contributed by atoms with Crippen molar-refractivity contribution in [3.63, 3.8) is 0 Å². The van der Waals surface area contributed by atoms with Gasteiger partial charge < -0.3 is 5.73 Å². The average Bonchev–Trinajstić information content (AvgIpc) is 2.59. The number of hydrogen-bond acceptors (Lipinski definition) is 1. The number of benzene rings is 2. The van der Waals surface area contributed by atoms with Crippen LogP contribution in [-0.4, -0.2) is 0 Å². The molecule has 0 amide bonds. The smallest absolute Gasteiger partial charge is 0.0349 e. The predicted molar refractivity (Wildman–Crippen MR) is 103 cm³/mol. The van der Waals surface area contributed by atoms with Gasteiger partial charge in [0, 0.05) is 5.69 Å². The first-order valence-corrected chi connectivity index (χ1v) is 8.23. The van der Waals surface area contributed by atoms with Crippen molar-refractivity contribution in [2.45, 2.75) is 26.7 Å². The van der Waals surface area contributed by atoms with Gasteiger partial charge in [-0.3, -0.25) is 0 Å². The van der Waals surface area contributed by atoms with Gasteiger partial charge in [-0.05, 0) is 41.2 Å². The molecule has 0 heterocycles. The molecule has 0 aliphatic rings. The highest BCUT2D eigenvalue weighted by Gasteiger charge is 2.06. The summed E-state index contributed by atoms with van der Waals surface area (Å²) < 4.78 is 0. The number of rotatable bonds is 6. The Kier molecular flexibility index (Phi) is 6.43. The van der Waals surface area contributed by atoms with Crippen LogP contribution in [0.1, 0.15) is 36.1 Å². The standard InChI is InChI=1S/C22H25N/c1-3-20-19(16-17-22(23)21(20)4-2)15-11-6-5-8-12-18-13-9-7-10-14-18/h5-17H,3-4,23H2,1-2H3. The third kappa shape index (κ3) is 4.72. The Hall–Kier alpha value is -2.54. The van der Waals surface area contributed by atoms with Crippen LogP contribution < -0.4 is 5.73 Å². The van der Waals surface area contributed by atoms with Gasteiger partial charge in [-0.1, -0.05) is 86.7 Å². The lowest BCUT2D eigenvalue weighted by Crippen LogP contribution is -2.00. The van der Waals surface area contributed by atoms with Crippen LogP contribution in [0.3, 0.4) is 0 Å². The molecular weight excluding hydrogens is 278 g/mol. The first-order chi connectivity index (χ1) is 11.3. The van der Waals surface area contributed by atoms with Gasteiger partial charge in [0.15, 0.2) is 0 Å². The Bertz CT molecular complexity index is 706. The van der Waals surface area contributed by atoms with E-state index in [1.807, 2.05) is 30.3 Å². The fourth-order valence-corrected chi connectivity index (χ4v) is 2.74. The summed E-state index contributed by atoms with van der Waals surface area (Å²) in [5.41, 5.74) is 12.1. The number of anilines is 1. The van der Waals surface area contributed by atoms with E-state index in [0.29, 0.717) is 0 Å². The third-order valence-electron chi connectivity index (χ3n) is 3.91. The molecule has 2 aromatic carbocycles. The van der Waals surface area contributed by atoms with E-state index in [1.165, 1.54) is 22.3 Å². The van der Waals surface area contributed by atoms with Gasteiger partial charge >= 0.3 is 0 Å². The lowest BCUT2D eigenvalue weighted by molar-refractivity contribution is 1.04. The molecule has 0 atom stereocenters. The van der Waals surface area contributed by atoms with Crippen LogP contribution in [0.25, 0.3) is 12.2 Å². The normalized spacial score (nSPS) is 11.9. The van der Waals surface area contributed by atoms with Gasteiger partial charge in [0.1, 0.15) is 0 Å². The molecule has 0 saturated carbocycles. The summed E-state index contributed by atoms with van der Waals surface area (Å²) >= 11 is 0. The molecule has 2 rings (SSSR count). The Morgan fingerprint density at radius 3 is 2.04 bits per heavy atom. The molecule has 0 aliphatic heterocycles. The van der Waals surface area contributed by atoms with Gasteiger partial charge in [0.25, 0.3) is 0 Å². The lowest BCUT2D eigenvalue weighted by Gasteiger charge is -2.12. The molecule has 0 bridgehead atoms. The van der Waals surface area contributed by atoms with Gasteiger partial charge in [0.05, 0.1) is 0 Å². The minimum Gasteiger partial charge on any atom is -0.398 e. The van der Waals surface area contributed by atoms with Crippen molar-refractivity contribution >= 4 is 17.8 Å². The molecular formula is C22H25N. The van der Waals surface area contributed by atoms with Crippen molar-refractivity contribution in [3.05, 3.63) is 89.0 Å². The fourth-order valence-electron chi connectivity index (χ4n) is 2.74. The summed E-state index contributed by atoms with van der Waals surface area (Å²) in [6, 6.07) is 14.4. The fraction of sp³-hybridized carbons (Fsp3) is 0.182. The Morgan fingerprint density at radius 1 is 0.739 bits per heavy atom. The number of allylic oxidation sites excluding steroid dienone is 4. The maximum Gasteiger partial charge on any atom is 0.0349 e. The van der Waals surface area contributed by atoms with E-state index in [0.717, 1.165) is 18.5 Å². The minimum atomic E-state index is 0.905. The molecule has 23 heavy (non-hydrogen) atoms. The van der Waals surface area contributed by atoms with Crippen LogP contribution in [0, 0.1) is 0 Å². The van der Waals surface area contributed by atoms with Crippen LogP contribution in [0.5, 0.6) is 0 Å². The monoisotopic (exact) mass is 303 g/mol.